The highest BCUT2D eigenvalue weighted by molar-refractivity contribution is 5.35. The van der Waals surface area contributed by atoms with Gasteiger partial charge in [-0.15, -0.1) is 0 Å². The van der Waals surface area contributed by atoms with Crippen molar-refractivity contribution in [1.82, 2.24) is 4.90 Å². The molecule has 2 fully saturated rings. The van der Waals surface area contributed by atoms with E-state index in [0.29, 0.717) is 38.1 Å². The van der Waals surface area contributed by atoms with Crippen molar-refractivity contribution in [3.05, 3.63) is 82.9 Å². The van der Waals surface area contributed by atoms with Gasteiger partial charge < -0.3 is 9.84 Å². The van der Waals surface area contributed by atoms with E-state index < -0.39 is 41.5 Å². The molecule has 2 aliphatic rings. The number of rotatable bonds is 5. The minimum atomic E-state index is -4.96. The van der Waals surface area contributed by atoms with Gasteiger partial charge in [0.25, 0.3) is 0 Å². The zero-order chi connectivity index (χ0) is 26.4. The summed E-state index contributed by atoms with van der Waals surface area (Å²) < 4.78 is 99.9. The van der Waals surface area contributed by atoms with E-state index >= 15 is 0 Å². The van der Waals surface area contributed by atoms with Crippen LogP contribution in [0.5, 0.6) is 0 Å². The van der Waals surface area contributed by atoms with E-state index in [9.17, 15) is 35.8 Å². The summed E-state index contributed by atoms with van der Waals surface area (Å²) in [6.07, 6.45) is -10.4. The van der Waals surface area contributed by atoms with Gasteiger partial charge in [0.2, 0.25) is 0 Å². The number of fused-ring (bicyclic) bond motifs is 1. The van der Waals surface area contributed by atoms with Crippen LogP contribution in [-0.4, -0.2) is 35.2 Å². The fourth-order valence-electron chi connectivity index (χ4n) is 5.35. The molecule has 0 amide bonds. The van der Waals surface area contributed by atoms with Gasteiger partial charge in [0.15, 0.2) is 0 Å². The van der Waals surface area contributed by atoms with Crippen LogP contribution in [0.4, 0.5) is 30.7 Å². The van der Waals surface area contributed by atoms with Gasteiger partial charge in [0, 0.05) is 24.4 Å². The van der Waals surface area contributed by atoms with E-state index in [1.54, 1.807) is 12.1 Å². The van der Waals surface area contributed by atoms with E-state index in [2.05, 4.69) is 11.5 Å². The van der Waals surface area contributed by atoms with Crippen molar-refractivity contribution in [2.24, 2.45) is 5.92 Å². The third kappa shape index (κ3) is 5.54. The quantitative estimate of drug-likeness (QED) is 0.335. The minimum Gasteiger partial charge on any atom is -0.513 e. The number of hydrogen-bond donors (Lipinski definition) is 1. The second-order valence-electron chi connectivity index (χ2n) is 9.51. The standard InChI is InChI=1S/C26H26F7NO2/c1-14(35)17-7-8-34-13-23(24(22(34)11-17)16-3-5-21(27)6-4-16)36-15(2)18-9-19(25(28,29)30)12-20(10-18)26(31,32)33/h3-6,9-10,12,15,17,22-24,35H,1,7-8,11,13H2,2H3/t15-,17?,22+,23+,24+/m1/s1. The number of hydrogen-bond acceptors (Lipinski definition) is 3. The molecule has 3 nitrogen and oxygen atoms in total. The van der Waals surface area contributed by atoms with Crippen LogP contribution in [0.3, 0.4) is 0 Å². The minimum absolute atomic E-state index is 0.0638. The van der Waals surface area contributed by atoms with Gasteiger partial charge >= 0.3 is 12.4 Å². The third-order valence-corrected chi connectivity index (χ3v) is 7.17. The number of ether oxygens (including phenoxy) is 1. The molecule has 36 heavy (non-hydrogen) atoms. The average Bonchev–Trinajstić information content (AvgIpc) is 3.15. The van der Waals surface area contributed by atoms with Gasteiger partial charge in [0.05, 0.1) is 29.1 Å². The van der Waals surface area contributed by atoms with Crippen molar-refractivity contribution in [3.8, 4) is 0 Å². The Hall–Kier alpha value is -2.59. The molecule has 2 aromatic rings. The summed E-state index contributed by atoms with van der Waals surface area (Å²) in [7, 11) is 0. The Kier molecular flexibility index (Phi) is 7.13. The predicted molar refractivity (Wildman–Crippen MR) is 119 cm³/mol. The van der Waals surface area contributed by atoms with Crippen LogP contribution < -0.4 is 0 Å². The third-order valence-electron chi connectivity index (χ3n) is 7.17. The maximum Gasteiger partial charge on any atom is 0.416 e. The predicted octanol–water partition coefficient (Wildman–Crippen LogP) is 7.26. The Balaban J connectivity index is 1.66. The molecule has 5 atom stereocenters. The topological polar surface area (TPSA) is 32.7 Å². The lowest BCUT2D eigenvalue weighted by molar-refractivity contribution is -0.143. The van der Waals surface area contributed by atoms with Crippen molar-refractivity contribution in [3.63, 3.8) is 0 Å². The zero-order valence-electron chi connectivity index (χ0n) is 19.4. The molecule has 2 aromatic carbocycles. The number of aliphatic hydroxyl groups is 1. The van der Waals surface area contributed by atoms with Crippen LogP contribution in [-0.2, 0) is 17.1 Å². The summed E-state index contributed by atoms with van der Waals surface area (Å²) in [5.74, 6) is -0.853. The fraction of sp³-hybridized carbons (Fsp3) is 0.462. The Morgan fingerprint density at radius 2 is 1.61 bits per heavy atom. The van der Waals surface area contributed by atoms with E-state index in [-0.39, 0.29) is 35.3 Å². The fourth-order valence-corrected chi connectivity index (χ4v) is 5.35. The van der Waals surface area contributed by atoms with Crippen molar-refractivity contribution in [2.45, 2.75) is 56.3 Å². The first-order valence-electron chi connectivity index (χ1n) is 11.6. The molecule has 0 aromatic heterocycles. The lowest BCUT2D eigenvalue weighted by atomic mass is 9.81. The van der Waals surface area contributed by atoms with Crippen molar-refractivity contribution < 1.29 is 40.6 Å². The van der Waals surface area contributed by atoms with Crippen LogP contribution >= 0.6 is 0 Å². The molecule has 0 saturated carbocycles. The molecule has 1 N–H and O–H groups in total. The second-order valence-corrected chi connectivity index (χ2v) is 9.51. The smallest absolute Gasteiger partial charge is 0.416 e. The Bertz CT molecular complexity index is 1060. The SMILES string of the molecule is C=C(O)C1CCN2C[C@H](O[C@H](C)c3cc(C(F)(F)F)cc(C(F)(F)F)c3)[C@@H](c3ccc(F)cc3)[C@@H]2C1. The molecule has 0 aliphatic carbocycles. The van der Waals surface area contributed by atoms with E-state index in [1.807, 2.05) is 0 Å². The molecule has 2 saturated heterocycles. The second kappa shape index (κ2) is 9.70. The summed E-state index contributed by atoms with van der Waals surface area (Å²) in [5.41, 5.74) is -2.29. The molecule has 4 rings (SSSR count). The Morgan fingerprint density at radius 1 is 1.03 bits per heavy atom. The molecule has 0 spiro atoms. The average molecular weight is 517 g/mol. The highest BCUT2D eigenvalue weighted by Crippen LogP contribution is 2.45. The van der Waals surface area contributed by atoms with Gasteiger partial charge in [-0.3, -0.25) is 4.90 Å². The molecule has 2 aliphatic heterocycles. The van der Waals surface area contributed by atoms with Gasteiger partial charge in [-0.1, -0.05) is 18.7 Å². The highest BCUT2D eigenvalue weighted by atomic mass is 19.4. The van der Waals surface area contributed by atoms with Gasteiger partial charge in [-0.25, -0.2) is 4.39 Å². The number of nitrogens with zero attached hydrogens (tertiary/aromatic N) is 1. The molecular formula is C26H26F7NO2. The van der Waals surface area contributed by atoms with Gasteiger partial charge in [-0.2, -0.15) is 26.3 Å². The molecule has 196 valence electrons. The van der Waals surface area contributed by atoms with Crippen LogP contribution in [0.25, 0.3) is 0 Å². The van der Waals surface area contributed by atoms with Crippen molar-refractivity contribution in [1.29, 1.82) is 0 Å². The first-order valence-corrected chi connectivity index (χ1v) is 11.6. The van der Waals surface area contributed by atoms with E-state index in [0.717, 1.165) is 5.56 Å². The first-order chi connectivity index (χ1) is 16.7. The maximum absolute atomic E-state index is 13.6. The number of piperidine rings is 1. The lowest BCUT2D eigenvalue weighted by Crippen LogP contribution is -2.40. The number of alkyl halides is 6. The number of halogens is 7. The van der Waals surface area contributed by atoms with Crippen LogP contribution in [0.15, 0.2) is 54.8 Å². The van der Waals surface area contributed by atoms with E-state index in [4.69, 9.17) is 4.74 Å². The van der Waals surface area contributed by atoms with Crippen LogP contribution in [0, 0.1) is 11.7 Å². The largest absolute Gasteiger partial charge is 0.513 e. The van der Waals surface area contributed by atoms with Crippen LogP contribution in [0.1, 0.15) is 54.0 Å². The molecular weight excluding hydrogens is 491 g/mol. The summed E-state index contributed by atoms with van der Waals surface area (Å²) in [6.45, 7) is 6.07. The Morgan fingerprint density at radius 3 is 2.14 bits per heavy atom. The molecule has 0 radical (unpaired) electrons. The zero-order valence-corrected chi connectivity index (χ0v) is 19.4. The lowest BCUT2D eigenvalue weighted by Gasteiger charge is -2.36. The van der Waals surface area contributed by atoms with Gasteiger partial charge in [0.1, 0.15) is 5.82 Å². The number of aliphatic hydroxyl groups excluding tert-OH is 1. The summed E-state index contributed by atoms with van der Waals surface area (Å²) in [6, 6.07) is 7.14. The number of benzene rings is 2. The summed E-state index contributed by atoms with van der Waals surface area (Å²) in [4.78, 5) is 2.14. The van der Waals surface area contributed by atoms with Crippen LogP contribution in [0.2, 0.25) is 0 Å². The van der Waals surface area contributed by atoms with E-state index in [1.165, 1.54) is 19.1 Å². The van der Waals surface area contributed by atoms with Gasteiger partial charge in [-0.05, 0) is 67.8 Å². The monoisotopic (exact) mass is 517 g/mol. The normalized spacial score (nSPS) is 26.0. The van der Waals surface area contributed by atoms with Crippen molar-refractivity contribution >= 4 is 0 Å². The molecule has 2 heterocycles. The Labute approximate surface area is 204 Å². The maximum atomic E-state index is 13.6. The molecule has 1 unspecified atom stereocenters. The first kappa shape index (κ1) is 26.5. The number of allylic oxidation sites excluding steroid dienone is 1. The highest BCUT2D eigenvalue weighted by Gasteiger charge is 2.47. The van der Waals surface area contributed by atoms with Crippen molar-refractivity contribution in [2.75, 3.05) is 13.1 Å². The molecule has 0 bridgehead atoms. The summed E-state index contributed by atoms with van der Waals surface area (Å²) >= 11 is 0. The summed E-state index contributed by atoms with van der Waals surface area (Å²) in [5, 5.41) is 9.96. The molecule has 10 heteroatoms.